The number of hydrogen-bond donors (Lipinski definition) is 0. The minimum atomic E-state index is 0.0831. The molecular weight excluding hydrogens is 350 g/mol. The van der Waals surface area contributed by atoms with Crippen LogP contribution in [0.2, 0.25) is 5.02 Å². The van der Waals surface area contributed by atoms with Gasteiger partial charge in [-0.25, -0.2) is 0 Å². The maximum Gasteiger partial charge on any atom is 0.236 e. The first kappa shape index (κ1) is 19.2. The minimum Gasteiger partial charge on any atom is -0.345 e. The van der Waals surface area contributed by atoms with Gasteiger partial charge in [0.05, 0.1) is 6.54 Å². The number of hydrogen-bond acceptors (Lipinski definition) is 3. The summed E-state index contributed by atoms with van der Waals surface area (Å²) in [5, 5.41) is 0.716. The van der Waals surface area contributed by atoms with Gasteiger partial charge >= 0.3 is 0 Å². The highest BCUT2D eigenvalue weighted by Gasteiger charge is 2.44. The molecule has 1 spiro atoms. The smallest absolute Gasteiger partial charge is 0.236 e. The summed E-state index contributed by atoms with van der Waals surface area (Å²) in [6.45, 7) is 6.49. The molecule has 0 aliphatic carbocycles. The average Bonchev–Trinajstić information content (AvgIpc) is 2.93. The van der Waals surface area contributed by atoms with Gasteiger partial charge in [0.15, 0.2) is 0 Å². The predicted molar refractivity (Wildman–Crippen MR) is 103 cm³/mol. The number of likely N-dealkylation sites (N-methyl/N-ethyl adjacent to an activating group) is 1. The average molecular weight is 378 g/mol. The normalized spacial score (nSPS) is 20.0. The van der Waals surface area contributed by atoms with E-state index in [2.05, 4.69) is 4.90 Å². The summed E-state index contributed by atoms with van der Waals surface area (Å²) in [5.41, 5.74) is 1.20. The summed E-state index contributed by atoms with van der Waals surface area (Å²) in [6.07, 6.45) is 2.61. The molecule has 6 heteroatoms. The van der Waals surface area contributed by atoms with Crippen LogP contribution in [0.15, 0.2) is 24.3 Å². The van der Waals surface area contributed by atoms with Crippen LogP contribution in [-0.2, 0) is 16.1 Å². The summed E-state index contributed by atoms with van der Waals surface area (Å²) in [6, 6.07) is 7.71. The highest BCUT2D eigenvalue weighted by molar-refractivity contribution is 6.30. The van der Waals surface area contributed by atoms with Gasteiger partial charge < -0.3 is 9.80 Å². The third-order valence-electron chi connectivity index (χ3n) is 5.87. The predicted octanol–water partition coefficient (Wildman–Crippen LogP) is 2.63. The van der Waals surface area contributed by atoms with Crippen molar-refractivity contribution >= 4 is 23.4 Å². The molecule has 0 aromatic heterocycles. The van der Waals surface area contributed by atoms with E-state index >= 15 is 0 Å². The zero-order valence-corrected chi connectivity index (χ0v) is 16.5. The Kier molecular flexibility index (Phi) is 5.88. The standard InChI is InChI=1S/C20H28ClN3O2/c1-3-22(2)19(26)14-23-10-8-20(9-11-23)12-18(25)24(15-20)13-16-4-6-17(21)7-5-16/h4-7H,3,8-15H2,1-2H3. The maximum absolute atomic E-state index is 12.5. The molecule has 1 aromatic carbocycles. The number of nitrogens with zero attached hydrogens (tertiary/aromatic N) is 3. The molecule has 5 nitrogen and oxygen atoms in total. The SMILES string of the molecule is CCN(C)C(=O)CN1CCC2(CC1)CC(=O)N(Cc1ccc(Cl)cc1)C2. The zero-order chi connectivity index (χ0) is 18.7. The van der Waals surface area contributed by atoms with Crippen molar-refractivity contribution in [3.05, 3.63) is 34.9 Å². The lowest BCUT2D eigenvalue weighted by Crippen LogP contribution is -2.45. The summed E-state index contributed by atoms with van der Waals surface area (Å²) < 4.78 is 0. The van der Waals surface area contributed by atoms with Crippen molar-refractivity contribution in [1.29, 1.82) is 0 Å². The molecule has 0 unspecified atom stereocenters. The van der Waals surface area contributed by atoms with Crippen molar-refractivity contribution < 1.29 is 9.59 Å². The van der Waals surface area contributed by atoms with Gasteiger partial charge in [-0.2, -0.15) is 0 Å². The highest BCUT2D eigenvalue weighted by atomic mass is 35.5. The molecule has 0 radical (unpaired) electrons. The minimum absolute atomic E-state index is 0.0831. The van der Waals surface area contributed by atoms with E-state index in [4.69, 9.17) is 11.6 Å². The van der Waals surface area contributed by atoms with Crippen LogP contribution < -0.4 is 0 Å². The molecule has 1 aromatic rings. The Balaban J connectivity index is 1.53. The van der Waals surface area contributed by atoms with Crippen LogP contribution in [-0.4, -0.2) is 66.3 Å². The highest BCUT2D eigenvalue weighted by Crippen LogP contribution is 2.41. The van der Waals surface area contributed by atoms with Gasteiger partial charge in [0.2, 0.25) is 11.8 Å². The van der Waals surface area contributed by atoms with Crippen molar-refractivity contribution in [3.63, 3.8) is 0 Å². The van der Waals surface area contributed by atoms with Gasteiger partial charge in [0.25, 0.3) is 0 Å². The van der Waals surface area contributed by atoms with Crippen molar-refractivity contribution in [1.82, 2.24) is 14.7 Å². The first-order chi connectivity index (χ1) is 12.4. The van der Waals surface area contributed by atoms with Crippen LogP contribution in [0, 0.1) is 5.41 Å². The van der Waals surface area contributed by atoms with E-state index in [0.29, 0.717) is 24.5 Å². The summed E-state index contributed by atoms with van der Waals surface area (Å²) in [4.78, 5) is 30.6. The molecule has 0 saturated carbocycles. The Hall–Kier alpha value is -1.59. The van der Waals surface area contributed by atoms with Gasteiger partial charge in [-0.1, -0.05) is 23.7 Å². The second kappa shape index (κ2) is 7.97. The van der Waals surface area contributed by atoms with Crippen molar-refractivity contribution in [2.75, 3.05) is 39.8 Å². The van der Waals surface area contributed by atoms with Gasteiger partial charge in [-0.05, 0) is 56.0 Å². The fourth-order valence-electron chi connectivity index (χ4n) is 3.94. The van der Waals surface area contributed by atoms with Gasteiger partial charge in [0, 0.05) is 38.1 Å². The van der Waals surface area contributed by atoms with E-state index in [0.717, 1.165) is 44.6 Å². The van der Waals surface area contributed by atoms with Gasteiger partial charge in [0.1, 0.15) is 0 Å². The lowest BCUT2D eigenvalue weighted by Gasteiger charge is -2.38. The number of halogens is 1. The molecule has 0 N–H and O–H groups in total. The number of rotatable bonds is 5. The molecular formula is C20H28ClN3O2. The molecule has 0 atom stereocenters. The quantitative estimate of drug-likeness (QED) is 0.792. The van der Waals surface area contributed by atoms with E-state index in [9.17, 15) is 9.59 Å². The van der Waals surface area contributed by atoms with E-state index < -0.39 is 0 Å². The third-order valence-corrected chi connectivity index (χ3v) is 6.12. The molecule has 0 bridgehead atoms. The van der Waals surface area contributed by atoms with E-state index in [-0.39, 0.29) is 17.2 Å². The van der Waals surface area contributed by atoms with Crippen LogP contribution in [0.5, 0.6) is 0 Å². The Morgan fingerprint density at radius 1 is 1.23 bits per heavy atom. The number of carbonyl (C=O) groups excluding carboxylic acids is 2. The Labute approximate surface area is 160 Å². The molecule has 2 saturated heterocycles. The van der Waals surface area contributed by atoms with Gasteiger partial charge in [-0.15, -0.1) is 0 Å². The van der Waals surface area contributed by atoms with E-state index in [1.165, 1.54) is 0 Å². The lowest BCUT2D eigenvalue weighted by molar-refractivity contribution is -0.131. The van der Waals surface area contributed by atoms with Crippen LogP contribution in [0.4, 0.5) is 0 Å². The van der Waals surface area contributed by atoms with E-state index in [1.54, 1.807) is 4.90 Å². The monoisotopic (exact) mass is 377 g/mol. The van der Waals surface area contributed by atoms with Crippen molar-refractivity contribution in [3.8, 4) is 0 Å². The van der Waals surface area contributed by atoms with Crippen LogP contribution in [0.3, 0.4) is 0 Å². The summed E-state index contributed by atoms with van der Waals surface area (Å²) in [7, 11) is 1.85. The molecule has 2 amide bonds. The second-order valence-corrected chi connectivity index (χ2v) is 8.17. The van der Waals surface area contributed by atoms with Crippen molar-refractivity contribution in [2.24, 2.45) is 5.41 Å². The Morgan fingerprint density at radius 3 is 2.50 bits per heavy atom. The molecule has 2 aliphatic rings. The first-order valence-electron chi connectivity index (χ1n) is 9.39. The lowest BCUT2D eigenvalue weighted by atomic mass is 9.77. The van der Waals surface area contributed by atoms with Crippen LogP contribution in [0.25, 0.3) is 0 Å². The number of carbonyl (C=O) groups is 2. The molecule has 2 aliphatic heterocycles. The van der Waals surface area contributed by atoms with Gasteiger partial charge in [-0.3, -0.25) is 14.5 Å². The molecule has 2 heterocycles. The molecule has 3 rings (SSSR count). The molecule has 2 fully saturated rings. The Bertz CT molecular complexity index is 654. The number of benzene rings is 1. The van der Waals surface area contributed by atoms with Crippen LogP contribution >= 0.6 is 11.6 Å². The number of amides is 2. The summed E-state index contributed by atoms with van der Waals surface area (Å²) >= 11 is 5.94. The molecule has 26 heavy (non-hydrogen) atoms. The fourth-order valence-corrected chi connectivity index (χ4v) is 4.07. The third kappa shape index (κ3) is 4.38. The topological polar surface area (TPSA) is 43.9 Å². The molecule has 142 valence electrons. The largest absolute Gasteiger partial charge is 0.345 e. The first-order valence-corrected chi connectivity index (χ1v) is 9.77. The fraction of sp³-hybridized carbons (Fsp3) is 0.600. The van der Waals surface area contributed by atoms with E-state index in [1.807, 2.05) is 43.1 Å². The number of piperidine rings is 1. The Morgan fingerprint density at radius 2 is 1.88 bits per heavy atom. The maximum atomic E-state index is 12.5. The van der Waals surface area contributed by atoms with Crippen molar-refractivity contribution in [2.45, 2.75) is 32.7 Å². The summed E-state index contributed by atoms with van der Waals surface area (Å²) in [5.74, 6) is 0.422. The second-order valence-electron chi connectivity index (χ2n) is 7.74. The number of likely N-dealkylation sites (tertiary alicyclic amines) is 2. The van der Waals surface area contributed by atoms with Crippen LogP contribution in [0.1, 0.15) is 31.7 Å². The zero-order valence-electron chi connectivity index (χ0n) is 15.7.